The van der Waals surface area contributed by atoms with Crippen molar-refractivity contribution in [3.8, 4) is 0 Å². The lowest BCUT2D eigenvalue weighted by atomic mass is 10.3. The number of rotatable bonds is 5. The van der Waals surface area contributed by atoms with Crippen LogP contribution in [0, 0.1) is 0 Å². The Kier molecular flexibility index (Phi) is 5.53. The van der Waals surface area contributed by atoms with Crippen LogP contribution in [0.1, 0.15) is 17.7 Å². The van der Waals surface area contributed by atoms with Crippen LogP contribution in [0.4, 0.5) is 5.69 Å². The molecule has 136 valence electrons. The van der Waals surface area contributed by atoms with Crippen LogP contribution in [0.15, 0.2) is 57.1 Å². The molecule has 1 fully saturated rings. The Morgan fingerprint density at radius 3 is 2.65 bits per heavy atom. The number of amides is 1. The fraction of sp³-hybridized carbons (Fsp3) is 0.222. The Labute approximate surface area is 156 Å². The zero-order valence-electron chi connectivity index (χ0n) is 14.3. The number of nitrogens with one attached hydrogen (secondary N) is 1. The highest BCUT2D eigenvalue weighted by atomic mass is 32.2. The third kappa shape index (κ3) is 4.59. The summed E-state index contributed by atoms with van der Waals surface area (Å²) < 4.78 is 28.7. The van der Waals surface area contributed by atoms with E-state index in [0.29, 0.717) is 17.9 Å². The second kappa shape index (κ2) is 7.84. The number of carbonyl (C=O) groups is 1. The van der Waals surface area contributed by atoms with E-state index in [1.165, 1.54) is 29.5 Å². The standard InChI is InChI=1S/C18H19N3O3S2/c1-21-12-2-5-17(21)20-26(23,24)16-9-6-14(7-10-16)19-18(22)11-8-15-4-3-13-25-15/h3-4,6-11,13H,2,5,12H2,1H3,(H,19,22). The van der Waals surface area contributed by atoms with Crippen molar-refractivity contribution in [3.63, 3.8) is 0 Å². The first kappa shape index (κ1) is 18.3. The van der Waals surface area contributed by atoms with Gasteiger partial charge in [-0.2, -0.15) is 8.42 Å². The molecule has 0 aliphatic carbocycles. The molecule has 2 heterocycles. The second-order valence-corrected chi connectivity index (χ2v) is 8.45. The predicted octanol–water partition coefficient (Wildman–Crippen LogP) is 3.21. The molecule has 0 unspecified atom stereocenters. The number of thiophene rings is 1. The van der Waals surface area contributed by atoms with E-state index in [4.69, 9.17) is 0 Å². The van der Waals surface area contributed by atoms with E-state index in [1.54, 1.807) is 18.2 Å². The fourth-order valence-electron chi connectivity index (χ4n) is 2.54. The van der Waals surface area contributed by atoms with Crippen LogP contribution in [0.2, 0.25) is 0 Å². The number of anilines is 1. The molecule has 0 saturated carbocycles. The lowest BCUT2D eigenvalue weighted by Gasteiger charge is -2.11. The van der Waals surface area contributed by atoms with Crippen molar-refractivity contribution >= 4 is 44.9 Å². The Morgan fingerprint density at radius 2 is 2.04 bits per heavy atom. The van der Waals surface area contributed by atoms with Crippen molar-refractivity contribution < 1.29 is 13.2 Å². The van der Waals surface area contributed by atoms with Crippen LogP contribution in [-0.4, -0.2) is 38.7 Å². The van der Waals surface area contributed by atoms with Gasteiger partial charge in [0.1, 0.15) is 5.84 Å². The van der Waals surface area contributed by atoms with Gasteiger partial charge in [-0.05, 0) is 48.2 Å². The summed E-state index contributed by atoms with van der Waals surface area (Å²) in [6.07, 6.45) is 4.75. The van der Waals surface area contributed by atoms with E-state index >= 15 is 0 Å². The highest BCUT2D eigenvalue weighted by molar-refractivity contribution is 7.90. The van der Waals surface area contributed by atoms with Gasteiger partial charge in [0, 0.05) is 36.7 Å². The van der Waals surface area contributed by atoms with E-state index in [9.17, 15) is 13.2 Å². The Morgan fingerprint density at radius 1 is 1.27 bits per heavy atom. The average Bonchev–Trinajstić information content (AvgIpc) is 3.26. The molecule has 0 spiro atoms. The Bertz CT molecular complexity index is 931. The number of benzene rings is 1. The van der Waals surface area contributed by atoms with E-state index < -0.39 is 10.0 Å². The maximum atomic E-state index is 12.4. The molecule has 1 aromatic carbocycles. The zero-order valence-corrected chi connectivity index (χ0v) is 15.9. The van der Waals surface area contributed by atoms with Crippen molar-refractivity contribution in [1.29, 1.82) is 0 Å². The van der Waals surface area contributed by atoms with E-state index in [2.05, 4.69) is 9.71 Å². The maximum Gasteiger partial charge on any atom is 0.283 e. The van der Waals surface area contributed by atoms with Crippen molar-refractivity contribution in [2.75, 3.05) is 18.9 Å². The SMILES string of the molecule is CN1CCCC1=NS(=O)(=O)c1ccc(NC(=O)C=Cc2cccs2)cc1. The minimum absolute atomic E-state index is 0.109. The Balaban J connectivity index is 1.67. The number of amidine groups is 1. The van der Waals surface area contributed by atoms with Crippen molar-refractivity contribution in [3.05, 3.63) is 52.7 Å². The quantitative estimate of drug-likeness (QED) is 0.797. The van der Waals surface area contributed by atoms with E-state index in [-0.39, 0.29) is 10.8 Å². The lowest BCUT2D eigenvalue weighted by molar-refractivity contribution is -0.111. The molecular weight excluding hydrogens is 370 g/mol. The predicted molar refractivity (Wildman–Crippen MR) is 105 cm³/mol. The monoisotopic (exact) mass is 389 g/mol. The summed E-state index contributed by atoms with van der Waals surface area (Å²) in [5.74, 6) is 0.308. The molecule has 1 aromatic heterocycles. The normalized spacial score (nSPS) is 16.5. The second-order valence-electron chi connectivity index (χ2n) is 5.87. The topological polar surface area (TPSA) is 78.8 Å². The minimum atomic E-state index is -3.74. The number of hydrogen-bond acceptors (Lipinski definition) is 4. The highest BCUT2D eigenvalue weighted by Crippen LogP contribution is 2.19. The molecule has 3 rings (SSSR count). The summed E-state index contributed by atoms with van der Waals surface area (Å²) in [7, 11) is -1.90. The largest absolute Gasteiger partial charge is 0.362 e. The molecule has 8 heteroatoms. The summed E-state index contributed by atoms with van der Waals surface area (Å²) in [5, 5.41) is 4.64. The molecule has 1 aliphatic rings. The van der Waals surface area contributed by atoms with Gasteiger partial charge in [-0.25, -0.2) is 0 Å². The molecule has 0 atom stereocenters. The van der Waals surface area contributed by atoms with Gasteiger partial charge in [0.05, 0.1) is 4.90 Å². The third-order valence-electron chi connectivity index (χ3n) is 3.92. The van der Waals surface area contributed by atoms with Crippen molar-refractivity contribution in [2.24, 2.45) is 4.40 Å². The van der Waals surface area contributed by atoms with Gasteiger partial charge in [-0.3, -0.25) is 4.79 Å². The van der Waals surface area contributed by atoms with Gasteiger partial charge in [-0.1, -0.05) is 6.07 Å². The number of nitrogens with zero attached hydrogens (tertiary/aromatic N) is 2. The lowest BCUT2D eigenvalue weighted by Crippen LogP contribution is -2.20. The van der Waals surface area contributed by atoms with Gasteiger partial charge >= 0.3 is 0 Å². The molecule has 1 N–H and O–H groups in total. The molecule has 1 aliphatic heterocycles. The molecule has 2 aromatic rings. The third-order valence-corrected chi connectivity index (χ3v) is 6.08. The summed E-state index contributed by atoms with van der Waals surface area (Å²) in [6.45, 7) is 0.818. The smallest absolute Gasteiger partial charge is 0.283 e. The zero-order chi connectivity index (χ0) is 18.6. The maximum absolute atomic E-state index is 12.4. The molecule has 6 nitrogen and oxygen atoms in total. The first-order valence-corrected chi connectivity index (χ1v) is 10.4. The van der Waals surface area contributed by atoms with E-state index in [1.807, 2.05) is 29.5 Å². The molecule has 0 bridgehead atoms. The Hall–Kier alpha value is -2.45. The molecule has 1 amide bonds. The summed E-state index contributed by atoms with van der Waals surface area (Å²) >= 11 is 1.54. The molecule has 0 radical (unpaired) electrons. The number of hydrogen-bond donors (Lipinski definition) is 1. The average molecular weight is 390 g/mol. The van der Waals surface area contributed by atoms with Gasteiger partial charge in [0.2, 0.25) is 5.91 Å². The molecule has 1 saturated heterocycles. The summed E-state index contributed by atoms with van der Waals surface area (Å²) in [4.78, 5) is 14.9. The van der Waals surface area contributed by atoms with Gasteiger partial charge in [-0.15, -0.1) is 15.7 Å². The fourth-order valence-corrected chi connectivity index (χ4v) is 4.25. The van der Waals surface area contributed by atoms with Crippen LogP contribution in [0.5, 0.6) is 0 Å². The minimum Gasteiger partial charge on any atom is -0.362 e. The van der Waals surface area contributed by atoms with Gasteiger partial charge < -0.3 is 10.2 Å². The van der Waals surface area contributed by atoms with Crippen LogP contribution < -0.4 is 5.32 Å². The van der Waals surface area contributed by atoms with Crippen LogP contribution in [0.3, 0.4) is 0 Å². The van der Waals surface area contributed by atoms with Crippen LogP contribution in [-0.2, 0) is 14.8 Å². The number of sulfonamides is 1. The van der Waals surface area contributed by atoms with Crippen LogP contribution in [0.25, 0.3) is 6.08 Å². The first-order valence-electron chi connectivity index (χ1n) is 8.12. The number of carbonyl (C=O) groups excluding carboxylic acids is 1. The van der Waals surface area contributed by atoms with Crippen molar-refractivity contribution in [2.45, 2.75) is 17.7 Å². The van der Waals surface area contributed by atoms with Gasteiger partial charge in [0.15, 0.2) is 0 Å². The van der Waals surface area contributed by atoms with Crippen molar-refractivity contribution in [1.82, 2.24) is 4.90 Å². The number of likely N-dealkylation sites (tertiary alicyclic amines) is 1. The first-order chi connectivity index (χ1) is 12.4. The summed E-state index contributed by atoms with van der Waals surface area (Å²) in [5.41, 5.74) is 0.524. The van der Waals surface area contributed by atoms with Gasteiger partial charge in [0.25, 0.3) is 10.0 Å². The van der Waals surface area contributed by atoms with E-state index in [0.717, 1.165) is 17.8 Å². The highest BCUT2D eigenvalue weighted by Gasteiger charge is 2.20. The summed E-state index contributed by atoms with van der Waals surface area (Å²) in [6, 6.07) is 9.84. The van der Waals surface area contributed by atoms with Crippen LogP contribution >= 0.6 is 11.3 Å². The molecule has 26 heavy (non-hydrogen) atoms. The molecular formula is C18H19N3O3S2.